The van der Waals surface area contributed by atoms with Crippen LogP contribution in [0.25, 0.3) is 5.69 Å². The van der Waals surface area contributed by atoms with Gasteiger partial charge in [0.05, 0.1) is 18.0 Å². The largest absolute Gasteiger partial charge is 0.476 e. The summed E-state index contributed by atoms with van der Waals surface area (Å²) in [6.45, 7) is 0.607. The lowest BCUT2D eigenvalue weighted by Crippen LogP contribution is -2.09. The second-order valence-electron chi connectivity index (χ2n) is 5.19. The molecule has 6 nitrogen and oxygen atoms in total. The fraction of sp³-hybridized carbons (Fsp3) is 0.400. The Bertz CT molecular complexity index is 662. The van der Waals surface area contributed by atoms with Crippen LogP contribution in [0.4, 0.5) is 0 Å². The molecule has 21 heavy (non-hydrogen) atoms. The van der Waals surface area contributed by atoms with Crippen LogP contribution in [0.15, 0.2) is 24.3 Å². The van der Waals surface area contributed by atoms with Gasteiger partial charge in [0, 0.05) is 13.0 Å². The number of aromatic nitrogens is 3. The van der Waals surface area contributed by atoms with E-state index < -0.39 is 5.97 Å². The average Bonchev–Trinajstić information content (AvgIpc) is 3.23. The molecule has 0 saturated heterocycles. The Morgan fingerprint density at radius 1 is 1.43 bits per heavy atom. The topological polar surface area (TPSA) is 77.2 Å². The first-order valence-corrected chi connectivity index (χ1v) is 6.98. The molecule has 0 spiro atoms. The highest BCUT2D eigenvalue weighted by atomic mass is 16.5. The van der Waals surface area contributed by atoms with Gasteiger partial charge in [-0.2, -0.15) is 0 Å². The van der Waals surface area contributed by atoms with Gasteiger partial charge in [0.15, 0.2) is 5.69 Å². The molecule has 2 aromatic rings. The predicted octanol–water partition coefficient (Wildman–Crippen LogP) is 2.03. The first-order chi connectivity index (χ1) is 10.2. The predicted molar refractivity (Wildman–Crippen MR) is 75.9 cm³/mol. The third-order valence-electron chi connectivity index (χ3n) is 3.67. The van der Waals surface area contributed by atoms with Crippen molar-refractivity contribution in [3.8, 4) is 5.69 Å². The number of carboxylic acids is 1. The molecule has 0 radical (unpaired) electrons. The number of methoxy groups -OCH3 is 1. The zero-order valence-electron chi connectivity index (χ0n) is 11.8. The zero-order chi connectivity index (χ0) is 14.8. The maximum Gasteiger partial charge on any atom is 0.358 e. The van der Waals surface area contributed by atoms with E-state index in [2.05, 4.69) is 10.3 Å². The molecule has 1 heterocycles. The van der Waals surface area contributed by atoms with Crippen LogP contribution in [0.5, 0.6) is 0 Å². The summed E-state index contributed by atoms with van der Waals surface area (Å²) in [6.07, 6.45) is 2.74. The molecule has 1 aromatic carbocycles. The SMILES string of the molecule is COCCc1ccccc1-n1nnc(C(=O)O)c1C1CC1. The third kappa shape index (κ3) is 2.67. The van der Waals surface area contributed by atoms with Crippen LogP contribution in [0, 0.1) is 0 Å². The highest BCUT2D eigenvalue weighted by molar-refractivity contribution is 5.87. The fourth-order valence-corrected chi connectivity index (χ4v) is 2.48. The van der Waals surface area contributed by atoms with Gasteiger partial charge in [0.2, 0.25) is 0 Å². The lowest BCUT2D eigenvalue weighted by Gasteiger charge is -2.11. The van der Waals surface area contributed by atoms with E-state index in [1.165, 1.54) is 0 Å². The van der Waals surface area contributed by atoms with Crippen LogP contribution in [-0.2, 0) is 11.2 Å². The molecule has 110 valence electrons. The van der Waals surface area contributed by atoms with Gasteiger partial charge in [-0.05, 0) is 30.9 Å². The van der Waals surface area contributed by atoms with Crippen LogP contribution in [0.2, 0.25) is 0 Å². The van der Waals surface area contributed by atoms with Gasteiger partial charge in [-0.3, -0.25) is 0 Å². The summed E-state index contributed by atoms with van der Waals surface area (Å²) in [5.74, 6) is -0.765. The van der Waals surface area contributed by atoms with Crippen LogP contribution in [0.3, 0.4) is 0 Å². The Morgan fingerprint density at radius 3 is 2.86 bits per heavy atom. The summed E-state index contributed by atoms with van der Waals surface area (Å²) in [5.41, 5.74) is 2.74. The van der Waals surface area contributed by atoms with Crippen LogP contribution >= 0.6 is 0 Å². The molecule has 0 bridgehead atoms. The van der Waals surface area contributed by atoms with E-state index in [4.69, 9.17) is 4.74 Å². The average molecular weight is 287 g/mol. The third-order valence-corrected chi connectivity index (χ3v) is 3.67. The minimum Gasteiger partial charge on any atom is -0.476 e. The van der Waals surface area contributed by atoms with Crippen molar-refractivity contribution < 1.29 is 14.6 Å². The van der Waals surface area contributed by atoms with Crippen LogP contribution < -0.4 is 0 Å². The van der Waals surface area contributed by atoms with Crippen molar-refractivity contribution in [3.63, 3.8) is 0 Å². The maximum absolute atomic E-state index is 11.3. The second-order valence-corrected chi connectivity index (χ2v) is 5.19. The number of aromatic carboxylic acids is 1. The van der Waals surface area contributed by atoms with Gasteiger partial charge in [0.25, 0.3) is 0 Å². The van der Waals surface area contributed by atoms with E-state index in [0.717, 1.165) is 30.5 Å². The fourth-order valence-electron chi connectivity index (χ4n) is 2.48. The zero-order valence-corrected chi connectivity index (χ0v) is 11.8. The molecule has 0 amide bonds. The van der Waals surface area contributed by atoms with E-state index >= 15 is 0 Å². The lowest BCUT2D eigenvalue weighted by molar-refractivity contribution is 0.0689. The standard InChI is InChI=1S/C15H17N3O3/c1-21-9-8-10-4-2-3-5-12(10)18-14(11-6-7-11)13(15(19)20)16-17-18/h2-5,11H,6-9H2,1H3,(H,19,20). The minimum atomic E-state index is -1.02. The number of ether oxygens (including phenoxy) is 1. The van der Waals surface area contributed by atoms with E-state index in [1.807, 2.05) is 24.3 Å². The Balaban J connectivity index is 2.06. The number of hydrogen-bond acceptors (Lipinski definition) is 4. The molecule has 1 aromatic heterocycles. The van der Waals surface area contributed by atoms with Crippen LogP contribution in [0.1, 0.15) is 40.5 Å². The van der Waals surface area contributed by atoms with E-state index in [1.54, 1.807) is 11.8 Å². The molecule has 1 fully saturated rings. The molecule has 1 saturated carbocycles. The number of hydrogen-bond donors (Lipinski definition) is 1. The monoisotopic (exact) mass is 287 g/mol. The van der Waals surface area contributed by atoms with Crippen molar-refractivity contribution >= 4 is 5.97 Å². The van der Waals surface area contributed by atoms with Gasteiger partial charge in [-0.25, -0.2) is 9.48 Å². The Hall–Kier alpha value is -2.21. The Labute approximate surface area is 122 Å². The number of rotatable bonds is 6. The molecule has 1 aliphatic rings. The summed E-state index contributed by atoms with van der Waals surface area (Å²) in [5, 5.41) is 17.2. The summed E-state index contributed by atoms with van der Waals surface area (Å²) in [7, 11) is 1.66. The molecule has 1 aliphatic carbocycles. The molecule has 6 heteroatoms. The van der Waals surface area contributed by atoms with E-state index in [9.17, 15) is 9.90 Å². The first kappa shape index (κ1) is 13.8. The molecule has 1 N–H and O–H groups in total. The van der Waals surface area contributed by atoms with Gasteiger partial charge in [-0.15, -0.1) is 5.10 Å². The van der Waals surface area contributed by atoms with Crippen molar-refractivity contribution in [2.24, 2.45) is 0 Å². The molecular weight excluding hydrogens is 270 g/mol. The second kappa shape index (κ2) is 5.65. The highest BCUT2D eigenvalue weighted by Gasteiger charge is 2.34. The maximum atomic E-state index is 11.3. The minimum absolute atomic E-state index is 0.0686. The number of carboxylic acid groups (broad SMARTS) is 1. The van der Waals surface area contributed by atoms with Crippen molar-refractivity contribution in [2.45, 2.75) is 25.2 Å². The smallest absolute Gasteiger partial charge is 0.358 e. The van der Waals surface area contributed by atoms with Crippen molar-refractivity contribution in [1.82, 2.24) is 15.0 Å². The quantitative estimate of drug-likeness (QED) is 0.879. The van der Waals surface area contributed by atoms with Crippen LogP contribution in [-0.4, -0.2) is 39.8 Å². The molecule has 3 rings (SSSR count). The molecule has 0 atom stereocenters. The lowest BCUT2D eigenvalue weighted by atomic mass is 10.1. The first-order valence-electron chi connectivity index (χ1n) is 6.98. The van der Waals surface area contributed by atoms with Crippen molar-refractivity contribution in [3.05, 3.63) is 41.2 Å². The number of para-hydroxylation sites is 1. The number of carbonyl (C=O) groups is 1. The van der Waals surface area contributed by atoms with Gasteiger partial charge >= 0.3 is 5.97 Å². The Morgan fingerprint density at radius 2 is 2.19 bits per heavy atom. The normalized spacial score (nSPS) is 14.3. The van der Waals surface area contributed by atoms with Gasteiger partial charge in [0.1, 0.15) is 0 Å². The van der Waals surface area contributed by atoms with Gasteiger partial charge in [-0.1, -0.05) is 23.4 Å². The van der Waals surface area contributed by atoms with Crippen molar-refractivity contribution in [2.75, 3.05) is 13.7 Å². The molecule has 0 unspecified atom stereocenters. The molecule has 0 aliphatic heterocycles. The number of nitrogens with zero attached hydrogens (tertiary/aromatic N) is 3. The summed E-state index contributed by atoms with van der Waals surface area (Å²) < 4.78 is 6.82. The van der Waals surface area contributed by atoms with Gasteiger partial charge < -0.3 is 9.84 Å². The highest BCUT2D eigenvalue weighted by Crippen LogP contribution is 2.42. The summed E-state index contributed by atoms with van der Waals surface area (Å²) in [4.78, 5) is 11.3. The van der Waals surface area contributed by atoms with E-state index in [0.29, 0.717) is 12.3 Å². The van der Waals surface area contributed by atoms with E-state index in [-0.39, 0.29) is 11.6 Å². The summed E-state index contributed by atoms with van der Waals surface area (Å²) >= 11 is 0. The summed E-state index contributed by atoms with van der Waals surface area (Å²) in [6, 6.07) is 7.83. The Kier molecular flexibility index (Phi) is 3.70. The number of benzene rings is 1. The molecular formula is C15H17N3O3. The van der Waals surface area contributed by atoms with Crippen molar-refractivity contribution in [1.29, 1.82) is 0 Å².